The topological polar surface area (TPSA) is 51.8 Å². The summed E-state index contributed by atoms with van der Waals surface area (Å²) in [6.45, 7) is 6.66. The minimum atomic E-state index is -2.29. The summed E-state index contributed by atoms with van der Waals surface area (Å²) in [5.41, 5.74) is 8.14. The van der Waals surface area contributed by atoms with Crippen molar-refractivity contribution in [3.05, 3.63) is 144 Å². The molecule has 4 heterocycles. The molecule has 0 N–H and O–H groups in total. The predicted molar refractivity (Wildman–Crippen MR) is 207 cm³/mol. The monoisotopic (exact) mass is 901 g/mol. The van der Waals surface area contributed by atoms with Gasteiger partial charge in [0.1, 0.15) is 0 Å². The smallest absolute Gasteiger partial charge is 0.216 e. The van der Waals surface area contributed by atoms with Crippen molar-refractivity contribution in [1.29, 1.82) is 0 Å². The molecule has 1 radical (unpaired) electrons. The number of pyridine rings is 3. The van der Waals surface area contributed by atoms with E-state index in [4.69, 9.17) is 13.5 Å². The molecule has 6 heteroatoms. The normalized spacial score (nSPS) is 12.8. The van der Waals surface area contributed by atoms with Crippen LogP contribution in [0.3, 0.4) is 0 Å². The quantitative estimate of drug-likeness (QED) is 0.118. The van der Waals surface area contributed by atoms with Gasteiger partial charge in [0.15, 0.2) is 0 Å². The van der Waals surface area contributed by atoms with Crippen LogP contribution in [0.5, 0.6) is 0 Å². The second-order valence-electron chi connectivity index (χ2n) is 14.5. The predicted octanol–water partition coefficient (Wildman–Crippen LogP) is 10.8. The molecule has 7 aromatic rings. The summed E-state index contributed by atoms with van der Waals surface area (Å²) in [4.78, 5) is 13.5. The summed E-state index contributed by atoms with van der Waals surface area (Å²) < 4.78 is 30.5. The average Bonchev–Trinajstić information content (AvgIpc) is 3.50. The fraction of sp³-hybridized carbons (Fsp3) is 0.250. The van der Waals surface area contributed by atoms with Gasteiger partial charge in [-0.3, -0.25) is 0 Å². The summed E-state index contributed by atoms with van der Waals surface area (Å²) in [6, 6.07) is 38.4. The Morgan fingerprint density at radius 3 is 2.30 bits per heavy atom. The number of aryl methyl sites for hydroxylation is 1. The molecule has 0 fully saturated rings. The van der Waals surface area contributed by atoms with Gasteiger partial charge in [-0.25, -0.2) is 4.98 Å². The third-order valence-electron chi connectivity index (χ3n) is 8.94. The van der Waals surface area contributed by atoms with E-state index in [0.29, 0.717) is 17.2 Å². The van der Waals surface area contributed by atoms with Gasteiger partial charge < -0.3 is 9.40 Å². The van der Waals surface area contributed by atoms with Crippen LogP contribution in [0.2, 0.25) is 17.3 Å². The zero-order valence-electron chi connectivity index (χ0n) is 32.8. The first-order valence-corrected chi connectivity index (χ1v) is 24.2. The zero-order chi connectivity index (χ0) is 37.3. The van der Waals surface area contributed by atoms with Gasteiger partial charge in [0, 0.05) is 46.9 Å². The number of nitrogens with zero attached hydrogens (tertiary/aromatic N) is 3. The van der Waals surface area contributed by atoms with Gasteiger partial charge in [0.25, 0.3) is 0 Å². The van der Waals surface area contributed by atoms with Gasteiger partial charge in [0.2, 0.25) is 5.71 Å². The summed E-state index contributed by atoms with van der Waals surface area (Å²) in [6.07, 6.45) is 5.07. The minimum absolute atomic E-state index is 0. The van der Waals surface area contributed by atoms with Gasteiger partial charge in [0.05, 0.1) is 5.58 Å². The molecule has 0 saturated carbocycles. The Morgan fingerprint density at radius 1 is 0.820 bits per heavy atom. The summed E-state index contributed by atoms with van der Waals surface area (Å²) in [5, 5.41) is 1.62. The Kier molecular flexibility index (Phi) is 10.3. The zero-order valence-corrected chi connectivity index (χ0v) is 34.3. The van der Waals surface area contributed by atoms with Crippen molar-refractivity contribution in [3.63, 3.8) is 0 Å². The molecular formula is C44H45GeIrN3O-2. The van der Waals surface area contributed by atoms with Gasteiger partial charge in [-0.15, -0.1) is 18.2 Å². The van der Waals surface area contributed by atoms with Crippen LogP contribution in [0, 0.1) is 24.9 Å². The number of fused-ring (bicyclic) bond motifs is 3. The Bertz CT molecular complexity index is 2320. The van der Waals surface area contributed by atoms with E-state index in [0.717, 1.165) is 45.3 Å². The maximum atomic E-state index is 7.63. The number of aromatic nitrogens is 3. The van der Waals surface area contributed by atoms with Gasteiger partial charge >= 0.3 is 126 Å². The Labute approximate surface area is 317 Å². The molecule has 3 aromatic carbocycles. The van der Waals surface area contributed by atoms with Crippen molar-refractivity contribution >= 4 is 39.7 Å². The Morgan fingerprint density at radius 2 is 1.60 bits per heavy atom. The SMILES string of the molecule is CC(C)Cc1cc(-c2[c-]cccc2)nc[c]1[Ge]([CH3])([CH3])[CH3].[2H]C([2H])([2H])c1ccc2c(n1)oc1c(-c3cc(C(C)(C)c4ccccc4)ccn3)[c-]ccc12.[Ir]. The van der Waals surface area contributed by atoms with Crippen LogP contribution >= 0.6 is 0 Å². The van der Waals surface area contributed by atoms with Crippen LogP contribution in [0.4, 0.5) is 0 Å². The third kappa shape index (κ3) is 8.18. The molecule has 0 saturated heterocycles. The van der Waals surface area contributed by atoms with Crippen molar-refractivity contribution in [3.8, 4) is 22.5 Å². The van der Waals surface area contributed by atoms with Crippen molar-refractivity contribution in [2.24, 2.45) is 5.92 Å². The Hall–Kier alpha value is -3.90. The van der Waals surface area contributed by atoms with Gasteiger partial charge in [-0.1, -0.05) is 61.2 Å². The van der Waals surface area contributed by atoms with E-state index in [1.165, 1.54) is 17.2 Å². The molecule has 0 aliphatic carbocycles. The first kappa shape index (κ1) is 33.3. The van der Waals surface area contributed by atoms with E-state index < -0.39 is 20.1 Å². The number of furan rings is 1. The molecule has 0 atom stereocenters. The number of hydrogen-bond donors (Lipinski definition) is 0. The van der Waals surface area contributed by atoms with E-state index in [9.17, 15) is 0 Å². The van der Waals surface area contributed by atoms with Crippen molar-refractivity contribution < 1.29 is 28.6 Å². The Balaban J connectivity index is 0.000000223. The molecule has 0 aliphatic rings. The maximum absolute atomic E-state index is 7.63. The molecule has 0 spiro atoms. The second kappa shape index (κ2) is 15.6. The summed E-state index contributed by atoms with van der Waals surface area (Å²) >= 11 is -1.86. The van der Waals surface area contributed by atoms with E-state index in [2.05, 4.69) is 104 Å². The van der Waals surface area contributed by atoms with Crippen LogP contribution in [-0.4, -0.2) is 28.2 Å². The molecule has 7 rings (SSSR count). The molecule has 0 unspecified atom stereocenters. The fourth-order valence-corrected chi connectivity index (χ4v) is 9.61. The summed E-state index contributed by atoms with van der Waals surface area (Å²) in [5.74, 6) is 7.99. The van der Waals surface area contributed by atoms with Crippen molar-refractivity contribution in [2.45, 2.75) is 63.7 Å². The van der Waals surface area contributed by atoms with Crippen LogP contribution < -0.4 is 4.40 Å². The van der Waals surface area contributed by atoms with E-state index in [-0.39, 0.29) is 31.2 Å². The second-order valence-corrected chi connectivity index (χ2v) is 25.1. The molecule has 4 aromatic heterocycles. The van der Waals surface area contributed by atoms with Crippen LogP contribution in [0.15, 0.2) is 114 Å². The molecule has 0 bridgehead atoms. The third-order valence-corrected chi connectivity index (χ3v) is 13.3. The first-order valence-electron chi connectivity index (χ1n) is 18.4. The van der Waals surface area contributed by atoms with Crippen LogP contribution in [0.1, 0.15) is 54.2 Å². The van der Waals surface area contributed by atoms with Crippen molar-refractivity contribution in [1.82, 2.24) is 15.0 Å². The van der Waals surface area contributed by atoms with Gasteiger partial charge in [-0.05, 0) is 41.9 Å². The largest absolute Gasteiger partial charge is 0.486 e. The van der Waals surface area contributed by atoms with Crippen LogP contribution in [0.25, 0.3) is 44.6 Å². The molecular weight excluding hydrogens is 851 g/mol. The molecule has 0 aliphatic heterocycles. The summed E-state index contributed by atoms with van der Waals surface area (Å²) in [7, 11) is 0. The molecule has 0 amide bonds. The van der Waals surface area contributed by atoms with E-state index in [1.54, 1.807) is 16.7 Å². The molecule has 257 valence electrons. The fourth-order valence-electron chi connectivity index (χ4n) is 6.27. The minimum Gasteiger partial charge on any atom is -0.486 e. The molecule has 4 nitrogen and oxygen atoms in total. The van der Waals surface area contributed by atoms with Gasteiger partial charge in [-0.2, -0.15) is 0 Å². The van der Waals surface area contributed by atoms with Crippen molar-refractivity contribution in [2.75, 3.05) is 0 Å². The molecule has 50 heavy (non-hydrogen) atoms. The average molecular weight is 900 g/mol. The van der Waals surface area contributed by atoms with Crippen LogP contribution in [-0.2, 0) is 31.9 Å². The number of benzene rings is 3. The van der Waals surface area contributed by atoms with E-state index >= 15 is 0 Å². The number of hydrogen-bond acceptors (Lipinski definition) is 4. The van der Waals surface area contributed by atoms with E-state index in [1.807, 2.05) is 54.6 Å². The maximum Gasteiger partial charge on any atom is 0.216 e. The standard InChI is InChI=1S/C26H21N2O.C18H24GeN.Ir/c1-17-12-13-21-20-10-7-11-22(24(20)29-25(21)28-17)23-16-19(14-15-27-23)26(2,3)18-8-5-4-6-9-18;1-14(2)11-16-12-18(15-9-7-6-8-10-15)20-13-17(16)19(3,4)5;/h4-10,12-16H,1-3H3;6-9,12-14H,11H2,1-5H3;/q2*-1;/i1D3;;. The first-order chi connectivity index (χ1) is 24.6. The number of rotatable bonds is 7.